The Bertz CT molecular complexity index is 1060. The van der Waals surface area contributed by atoms with E-state index in [1.54, 1.807) is 18.2 Å². The van der Waals surface area contributed by atoms with E-state index in [-0.39, 0.29) is 34.7 Å². The number of nitrogens with zero attached hydrogens (tertiary/aromatic N) is 2. The summed E-state index contributed by atoms with van der Waals surface area (Å²) in [5.74, 6) is -0.553. The fraction of sp³-hybridized carbons (Fsp3) is 0.238. The molecule has 2 aliphatic rings. The van der Waals surface area contributed by atoms with Crippen LogP contribution in [-0.4, -0.2) is 16.6 Å². The van der Waals surface area contributed by atoms with Gasteiger partial charge in [-0.15, -0.1) is 0 Å². The highest BCUT2D eigenvalue weighted by Crippen LogP contribution is 2.44. The topological polar surface area (TPSA) is 80.5 Å². The first kappa shape index (κ1) is 19.6. The molecule has 0 saturated heterocycles. The van der Waals surface area contributed by atoms with Gasteiger partial charge >= 0.3 is 0 Å². The van der Waals surface area contributed by atoms with Crippen molar-refractivity contribution in [1.29, 1.82) is 0 Å². The second-order valence-corrected chi connectivity index (χ2v) is 7.91. The Hall–Kier alpha value is -2.70. The molecule has 1 aliphatic heterocycles. The van der Waals surface area contributed by atoms with E-state index >= 15 is 0 Å². The summed E-state index contributed by atoms with van der Waals surface area (Å²) in [5.41, 5.74) is 2.15. The van der Waals surface area contributed by atoms with Crippen LogP contribution in [0.3, 0.4) is 0 Å². The Balaban J connectivity index is 1.86. The second kappa shape index (κ2) is 7.61. The predicted molar refractivity (Wildman–Crippen MR) is 110 cm³/mol. The largest absolute Gasteiger partial charge is 0.294 e. The maximum absolute atomic E-state index is 13.1. The minimum absolute atomic E-state index is 0.00354. The van der Waals surface area contributed by atoms with Crippen LogP contribution in [0, 0.1) is 10.1 Å². The van der Waals surface area contributed by atoms with E-state index in [0.717, 1.165) is 5.56 Å². The first-order chi connectivity index (χ1) is 13.9. The van der Waals surface area contributed by atoms with Crippen LogP contribution in [0.25, 0.3) is 0 Å². The zero-order valence-corrected chi connectivity index (χ0v) is 16.7. The molecule has 6 nitrogen and oxygen atoms in total. The van der Waals surface area contributed by atoms with E-state index in [2.05, 4.69) is 0 Å². The van der Waals surface area contributed by atoms with Crippen molar-refractivity contribution in [2.75, 3.05) is 4.90 Å². The van der Waals surface area contributed by atoms with Crippen LogP contribution in [-0.2, 0) is 9.59 Å². The molecule has 0 N–H and O–H groups in total. The molecule has 0 saturated carbocycles. The minimum atomic E-state index is -0.585. The second-order valence-electron chi connectivity index (χ2n) is 7.07. The third-order valence-corrected chi connectivity index (χ3v) is 5.90. The van der Waals surface area contributed by atoms with Gasteiger partial charge in [-0.1, -0.05) is 35.3 Å². The molecule has 4 rings (SSSR count). The highest BCUT2D eigenvalue weighted by molar-refractivity contribution is 6.32. The van der Waals surface area contributed by atoms with Crippen LogP contribution in [0.2, 0.25) is 10.0 Å². The molecule has 1 heterocycles. The molecule has 0 bridgehead atoms. The predicted octanol–water partition coefficient (Wildman–Crippen LogP) is 5.43. The Morgan fingerprint density at radius 3 is 2.45 bits per heavy atom. The number of hydrogen-bond donors (Lipinski definition) is 0. The number of hydrogen-bond acceptors (Lipinski definition) is 4. The summed E-state index contributed by atoms with van der Waals surface area (Å²) in [5, 5.41) is 11.9. The number of ketones is 1. The number of allylic oxidation sites excluding steroid dienone is 2. The highest BCUT2D eigenvalue weighted by Gasteiger charge is 2.40. The van der Waals surface area contributed by atoms with Crippen LogP contribution >= 0.6 is 23.2 Å². The third-order valence-electron chi connectivity index (χ3n) is 5.33. The molecule has 0 spiro atoms. The Morgan fingerprint density at radius 1 is 1.03 bits per heavy atom. The maximum atomic E-state index is 13.1. The summed E-state index contributed by atoms with van der Waals surface area (Å²) in [6.07, 6.45) is 1.70. The van der Waals surface area contributed by atoms with Crippen LogP contribution in [0.4, 0.5) is 11.4 Å². The first-order valence-electron chi connectivity index (χ1n) is 9.15. The zero-order valence-electron chi connectivity index (χ0n) is 15.2. The van der Waals surface area contributed by atoms with Gasteiger partial charge in [-0.3, -0.25) is 24.6 Å². The summed E-state index contributed by atoms with van der Waals surface area (Å²) in [6, 6.07) is 11.4. The molecular weight excluding hydrogens is 415 g/mol. The smallest absolute Gasteiger partial charge is 0.289 e. The van der Waals surface area contributed by atoms with E-state index in [1.165, 1.54) is 17.0 Å². The normalized spacial score (nSPS) is 19.4. The summed E-state index contributed by atoms with van der Waals surface area (Å²) < 4.78 is 0. The van der Waals surface area contributed by atoms with Crippen molar-refractivity contribution in [2.24, 2.45) is 0 Å². The molecule has 1 atom stereocenters. The lowest BCUT2D eigenvalue weighted by Gasteiger charge is -2.38. The van der Waals surface area contributed by atoms with Crippen LogP contribution in [0.1, 0.15) is 37.2 Å². The first-order valence-corrected chi connectivity index (χ1v) is 9.91. The standard InChI is InChI=1S/C21H16Cl2N2O4/c22-13-6-4-12(5-7-13)15-11-20(27)24(17-2-1-3-19(26)21(15)17)14-8-9-16(23)18(10-14)25(28)29/h4-10,15H,1-3,11H2. The third kappa shape index (κ3) is 3.54. The number of rotatable bonds is 3. The van der Waals surface area contributed by atoms with Gasteiger partial charge in [0.25, 0.3) is 5.69 Å². The number of nitro benzene ring substituents is 1. The number of amides is 1. The fourth-order valence-corrected chi connectivity index (χ4v) is 4.36. The van der Waals surface area contributed by atoms with Gasteiger partial charge in [0.2, 0.25) is 5.91 Å². The average molecular weight is 431 g/mol. The van der Waals surface area contributed by atoms with Crippen molar-refractivity contribution in [3.8, 4) is 0 Å². The number of benzene rings is 2. The molecule has 0 aromatic heterocycles. The monoisotopic (exact) mass is 430 g/mol. The Labute approximate surface area is 176 Å². The van der Waals surface area contributed by atoms with Crippen LogP contribution in [0.15, 0.2) is 53.7 Å². The lowest BCUT2D eigenvalue weighted by Crippen LogP contribution is -2.40. The van der Waals surface area contributed by atoms with Gasteiger partial charge in [0.05, 0.1) is 10.6 Å². The summed E-state index contributed by atoms with van der Waals surface area (Å²) in [6.45, 7) is 0. The molecular formula is C21H16Cl2N2O4. The minimum Gasteiger partial charge on any atom is -0.294 e. The van der Waals surface area contributed by atoms with Gasteiger partial charge in [-0.05, 0) is 42.7 Å². The number of anilines is 1. The van der Waals surface area contributed by atoms with Gasteiger partial charge in [0.1, 0.15) is 5.02 Å². The molecule has 0 radical (unpaired) electrons. The molecule has 29 heavy (non-hydrogen) atoms. The molecule has 8 heteroatoms. The molecule has 1 amide bonds. The van der Waals surface area contributed by atoms with Crippen LogP contribution < -0.4 is 4.90 Å². The molecule has 1 aliphatic carbocycles. The molecule has 2 aromatic rings. The van der Waals surface area contributed by atoms with Crippen molar-refractivity contribution in [3.05, 3.63) is 79.5 Å². The van der Waals surface area contributed by atoms with Crippen molar-refractivity contribution < 1.29 is 14.5 Å². The van der Waals surface area contributed by atoms with Crippen molar-refractivity contribution in [2.45, 2.75) is 31.6 Å². The number of carbonyl (C=O) groups is 2. The number of Topliss-reactive ketones (excluding diaryl/α,β-unsaturated/α-hetero) is 1. The van der Waals surface area contributed by atoms with E-state index in [1.807, 2.05) is 12.1 Å². The zero-order chi connectivity index (χ0) is 20.7. The van der Waals surface area contributed by atoms with Gasteiger partial charge in [0.15, 0.2) is 5.78 Å². The van der Waals surface area contributed by atoms with Gasteiger partial charge in [-0.25, -0.2) is 0 Å². The SMILES string of the molecule is O=C1CCCC2=C1C(c1ccc(Cl)cc1)CC(=O)N2c1ccc(Cl)c([N+](=O)[O-])c1. The van der Waals surface area contributed by atoms with E-state index in [9.17, 15) is 19.7 Å². The lowest BCUT2D eigenvalue weighted by molar-refractivity contribution is -0.384. The lowest BCUT2D eigenvalue weighted by atomic mass is 9.77. The highest BCUT2D eigenvalue weighted by atomic mass is 35.5. The number of halogens is 2. The molecule has 1 unspecified atom stereocenters. The maximum Gasteiger partial charge on any atom is 0.289 e. The van der Waals surface area contributed by atoms with E-state index in [0.29, 0.717) is 41.2 Å². The molecule has 0 fully saturated rings. The summed E-state index contributed by atoms with van der Waals surface area (Å²) in [7, 11) is 0. The Morgan fingerprint density at radius 2 is 1.76 bits per heavy atom. The summed E-state index contributed by atoms with van der Waals surface area (Å²) >= 11 is 11.9. The molecule has 2 aromatic carbocycles. The van der Waals surface area contributed by atoms with Crippen molar-refractivity contribution in [3.63, 3.8) is 0 Å². The average Bonchev–Trinajstić information content (AvgIpc) is 2.69. The van der Waals surface area contributed by atoms with Gasteiger partial charge < -0.3 is 0 Å². The van der Waals surface area contributed by atoms with E-state index in [4.69, 9.17) is 23.2 Å². The molecule has 148 valence electrons. The van der Waals surface area contributed by atoms with Gasteiger partial charge in [0, 0.05) is 41.1 Å². The van der Waals surface area contributed by atoms with Crippen molar-refractivity contribution >= 4 is 46.3 Å². The Kier molecular flexibility index (Phi) is 5.15. The van der Waals surface area contributed by atoms with E-state index < -0.39 is 4.92 Å². The fourth-order valence-electron chi connectivity index (χ4n) is 4.05. The quantitative estimate of drug-likeness (QED) is 0.480. The van der Waals surface area contributed by atoms with Crippen LogP contribution in [0.5, 0.6) is 0 Å². The number of nitro groups is 1. The number of carbonyl (C=O) groups excluding carboxylic acids is 2. The summed E-state index contributed by atoms with van der Waals surface area (Å²) in [4.78, 5) is 38.1. The van der Waals surface area contributed by atoms with Crippen molar-refractivity contribution in [1.82, 2.24) is 0 Å². The van der Waals surface area contributed by atoms with Gasteiger partial charge in [-0.2, -0.15) is 0 Å².